The van der Waals surface area contributed by atoms with Crippen LogP contribution in [0.15, 0.2) is 30.3 Å². The first-order valence-corrected chi connectivity index (χ1v) is 4.88. The summed E-state index contributed by atoms with van der Waals surface area (Å²) < 4.78 is 0. The summed E-state index contributed by atoms with van der Waals surface area (Å²) in [6, 6.07) is 9.39. The number of Topliss-reactive ketones (excluding diaryl/α,β-unsaturated/α-hetero) is 1. The molecule has 1 atom stereocenters. The van der Waals surface area contributed by atoms with Gasteiger partial charge in [0.15, 0.2) is 5.78 Å². The highest BCUT2D eigenvalue weighted by molar-refractivity contribution is 7.80. The van der Waals surface area contributed by atoms with Crippen molar-refractivity contribution >= 4 is 23.0 Å². The van der Waals surface area contributed by atoms with Gasteiger partial charge in [-0.15, -0.1) is 0 Å². The van der Waals surface area contributed by atoms with Crippen molar-refractivity contribution in [1.82, 2.24) is 5.32 Å². The van der Waals surface area contributed by atoms with Gasteiger partial charge in [-0.25, -0.2) is 0 Å². The molecule has 1 N–H and O–H groups in total. The molecule has 1 aromatic rings. The van der Waals surface area contributed by atoms with Crippen LogP contribution in [0, 0.1) is 0 Å². The number of ketones is 1. The lowest BCUT2D eigenvalue weighted by Crippen LogP contribution is -2.36. The number of carbonyl (C=O) groups is 1. The Hall–Kier alpha value is -1.22. The molecular formula is C11H13NOS. The molecule has 0 saturated heterocycles. The van der Waals surface area contributed by atoms with Crippen molar-refractivity contribution in [2.75, 3.05) is 0 Å². The molecule has 0 aromatic heterocycles. The van der Waals surface area contributed by atoms with E-state index >= 15 is 0 Å². The predicted molar refractivity (Wildman–Crippen MR) is 61.4 cm³/mol. The molecular weight excluding hydrogens is 194 g/mol. The van der Waals surface area contributed by atoms with E-state index in [0.717, 1.165) is 5.56 Å². The summed E-state index contributed by atoms with van der Waals surface area (Å²) in [6.45, 7) is 3.35. The number of benzene rings is 1. The predicted octanol–water partition coefficient (Wildman–Crippen LogP) is 1.93. The molecule has 0 radical (unpaired) electrons. The standard InChI is InChI=1S/C11H13NOS/c1-8(9(2)13)12-11(14)10-6-4-3-5-7-10/h3-8H,1-2H3,(H,12,14). The van der Waals surface area contributed by atoms with Crippen LogP contribution in [0.4, 0.5) is 0 Å². The maximum atomic E-state index is 11.0. The molecule has 0 amide bonds. The minimum Gasteiger partial charge on any atom is -0.366 e. The topological polar surface area (TPSA) is 29.1 Å². The van der Waals surface area contributed by atoms with Crippen LogP contribution in [0.25, 0.3) is 0 Å². The maximum Gasteiger partial charge on any atom is 0.151 e. The van der Waals surface area contributed by atoms with Gasteiger partial charge in [-0.05, 0) is 13.8 Å². The quantitative estimate of drug-likeness (QED) is 0.768. The van der Waals surface area contributed by atoms with E-state index in [1.165, 1.54) is 0 Å². The Kier molecular flexibility index (Phi) is 3.77. The fraction of sp³-hybridized carbons (Fsp3) is 0.273. The molecule has 0 aliphatic rings. The van der Waals surface area contributed by atoms with Gasteiger partial charge in [0.25, 0.3) is 0 Å². The molecule has 74 valence electrons. The third kappa shape index (κ3) is 2.92. The Morgan fingerprint density at radius 3 is 2.43 bits per heavy atom. The summed E-state index contributed by atoms with van der Waals surface area (Å²) >= 11 is 5.15. The summed E-state index contributed by atoms with van der Waals surface area (Å²) in [6.07, 6.45) is 0. The van der Waals surface area contributed by atoms with Gasteiger partial charge in [0, 0.05) is 5.56 Å². The number of hydrogen-bond donors (Lipinski definition) is 1. The first-order valence-electron chi connectivity index (χ1n) is 4.47. The van der Waals surface area contributed by atoms with Crippen molar-refractivity contribution in [2.45, 2.75) is 19.9 Å². The van der Waals surface area contributed by atoms with Gasteiger partial charge in [-0.3, -0.25) is 4.79 Å². The molecule has 0 saturated carbocycles. The molecule has 0 aliphatic carbocycles. The van der Waals surface area contributed by atoms with E-state index < -0.39 is 0 Å². The molecule has 0 fully saturated rings. The van der Waals surface area contributed by atoms with Crippen LogP contribution in [0.2, 0.25) is 0 Å². The second-order valence-electron chi connectivity index (χ2n) is 3.17. The first-order chi connectivity index (χ1) is 6.61. The van der Waals surface area contributed by atoms with Gasteiger partial charge in [0.05, 0.1) is 6.04 Å². The molecule has 2 nitrogen and oxygen atoms in total. The van der Waals surface area contributed by atoms with E-state index in [-0.39, 0.29) is 11.8 Å². The lowest BCUT2D eigenvalue weighted by Gasteiger charge is -2.12. The molecule has 14 heavy (non-hydrogen) atoms. The highest BCUT2D eigenvalue weighted by atomic mass is 32.1. The second kappa shape index (κ2) is 4.86. The molecule has 1 unspecified atom stereocenters. The van der Waals surface area contributed by atoms with Crippen LogP contribution in [-0.2, 0) is 4.79 Å². The molecule has 0 heterocycles. The minimum atomic E-state index is -0.220. The van der Waals surface area contributed by atoms with Crippen LogP contribution in [-0.4, -0.2) is 16.8 Å². The van der Waals surface area contributed by atoms with E-state index in [9.17, 15) is 4.79 Å². The average molecular weight is 207 g/mol. The Labute approximate surface area is 89.3 Å². The highest BCUT2D eigenvalue weighted by Gasteiger charge is 2.09. The van der Waals surface area contributed by atoms with Crippen LogP contribution in [0.1, 0.15) is 19.4 Å². The Morgan fingerprint density at radius 1 is 1.36 bits per heavy atom. The largest absolute Gasteiger partial charge is 0.366 e. The second-order valence-corrected chi connectivity index (χ2v) is 3.58. The average Bonchev–Trinajstić information content (AvgIpc) is 2.19. The Morgan fingerprint density at radius 2 is 1.93 bits per heavy atom. The van der Waals surface area contributed by atoms with Crippen molar-refractivity contribution in [3.05, 3.63) is 35.9 Å². The maximum absolute atomic E-state index is 11.0. The summed E-state index contributed by atoms with van der Waals surface area (Å²) in [7, 11) is 0. The van der Waals surface area contributed by atoms with E-state index in [0.29, 0.717) is 4.99 Å². The van der Waals surface area contributed by atoms with E-state index in [2.05, 4.69) is 5.32 Å². The zero-order chi connectivity index (χ0) is 10.6. The third-order valence-electron chi connectivity index (χ3n) is 1.99. The number of hydrogen-bond acceptors (Lipinski definition) is 2. The molecule has 0 bridgehead atoms. The zero-order valence-electron chi connectivity index (χ0n) is 8.28. The fourth-order valence-corrected chi connectivity index (χ4v) is 1.28. The Bertz CT molecular complexity index is 334. The van der Waals surface area contributed by atoms with Gasteiger partial charge in [0.2, 0.25) is 0 Å². The molecule has 3 heteroatoms. The summed E-state index contributed by atoms with van der Waals surface area (Å²) in [5.41, 5.74) is 0.940. The highest BCUT2D eigenvalue weighted by Crippen LogP contribution is 2.00. The fourth-order valence-electron chi connectivity index (χ4n) is 0.971. The smallest absolute Gasteiger partial charge is 0.151 e. The molecule has 1 rings (SSSR count). The van der Waals surface area contributed by atoms with E-state index in [4.69, 9.17) is 12.2 Å². The van der Waals surface area contributed by atoms with E-state index in [1.807, 2.05) is 30.3 Å². The van der Waals surface area contributed by atoms with Crippen molar-refractivity contribution in [3.63, 3.8) is 0 Å². The van der Waals surface area contributed by atoms with Gasteiger partial charge < -0.3 is 5.32 Å². The molecule has 0 aliphatic heterocycles. The minimum absolute atomic E-state index is 0.0864. The van der Waals surface area contributed by atoms with Crippen molar-refractivity contribution in [1.29, 1.82) is 0 Å². The van der Waals surface area contributed by atoms with Gasteiger partial charge in [0.1, 0.15) is 4.99 Å². The lowest BCUT2D eigenvalue weighted by atomic mass is 10.2. The van der Waals surface area contributed by atoms with Crippen molar-refractivity contribution < 1.29 is 4.79 Å². The number of rotatable bonds is 3. The van der Waals surface area contributed by atoms with Gasteiger partial charge in [-0.2, -0.15) is 0 Å². The number of nitrogens with one attached hydrogen (secondary N) is 1. The zero-order valence-corrected chi connectivity index (χ0v) is 9.10. The van der Waals surface area contributed by atoms with Gasteiger partial charge in [-0.1, -0.05) is 42.5 Å². The van der Waals surface area contributed by atoms with Crippen molar-refractivity contribution in [2.24, 2.45) is 0 Å². The van der Waals surface area contributed by atoms with Crippen LogP contribution in [0.5, 0.6) is 0 Å². The first kappa shape index (κ1) is 10.9. The van der Waals surface area contributed by atoms with Crippen LogP contribution >= 0.6 is 12.2 Å². The number of carbonyl (C=O) groups excluding carboxylic acids is 1. The van der Waals surface area contributed by atoms with Crippen molar-refractivity contribution in [3.8, 4) is 0 Å². The third-order valence-corrected chi connectivity index (χ3v) is 2.35. The van der Waals surface area contributed by atoms with E-state index in [1.54, 1.807) is 13.8 Å². The lowest BCUT2D eigenvalue weighted by molar-refractivity contribution is -0.118. The van der Waals surface area contributed by atoms with Gasteiger partial charge >= 0.3 is 0 Å². The van der Waals surface area contributed by atoms with Crippen LogP contribution < -0.4 is 5.32 Å². The summed E-state index contributed by atoms with van der Waals surface area (Å²) in [4.78, 5) is 11.6. The monoisotopic (exact) mass is 207 g/mol. The van der Waals surface area contributed by atoms with Crippen LogP contribution in [0.3, 0.4) is 0 Å². The molecule has 1 aromatic carbocycles. The molecule has 0 spiro atoms. The normalized spacial score (nSPS) is 11.9. The summed E-state index contributed by atoms with van der Waals surface area (Å²) in [5, 5.41) is 2.98. The SMILES string of the molecule is CC(=O)C(C)NC(=S)c1ccccc1. The summed E-state index contributed by atoms with van der Waals surface area (Å²) in [5.74, 6) is 0.0864. The number of thiocarbonyl (C=S) groups is 1. The Balaban J connectivity index is 2.64.